The van der Waals surface area contributed by atoms with Crippen molar-refractivity contribution in [1.82, 2.24) is 0 Å². The minimum Gasteiger partial charge on any atom is -0.456 e. The topological polar surface area (TPSA) is 25.6 Å². The van der Waals surface area contributed by atoms with Gasteiger partial charge in [0.05, 0.1) is 5.41 Å². The van der Waals surface area contributed by atoms with E-state index in [0.29, 0.717) is 0 Å². The van der Waals surface area contributed by atoms with Gasteiger partial charge in [0.1, 0.15) is 22.7 Å². The minimum atomic E-state index is -0.736. The van der Waals surface area contributed by atoms with Crippen molar-refractivity contribution in [3.05, 3.63) is 283 Å². The minimum absolute atomic E-state index is 0.736. The Morgan fingerprint density at radius 2 is 0.818 bits per heavy atom. The largest absolute Gasteiger partial charge is 0.456 e. The van der Waals surface area contributed by atoms with Crippen molar-refractivity contribution in [3.8, 4) is 33.4 Å². The number of nitrogens with zero attached hydrogens (tertiary/aromatic N) is 1. The summed E-state index contributed by atoms with van der Waals surface area (Å²) in [6.45, 7) is 8.91. The fourth-order valence-electron chi connectivity index (χ4n) is 10.4. The molecule has 0 amide bonds. The van der Waals surface area contributed by atoms with Gasteiger partial charge in [0.2, 0.25) is 0 Å². The third kappa shape index (κ3) is 6.12. The van der Waals surface area contributed by atoms with Crippen LogP contribution in [0.1, 0.15) is 22.3 Å². The third-order valence-electron chi connectivity index (χ3n) is 13.3. The standard InChI is InChI=1S/C63H43NO2/c1-3-55-61(44-21-11-6-12-22-44)66-62(45-23-13-7-14-24-45)56(4-2)63(55)57-28-18-17-27-51(57)54-39-46(32-38-58(54)63)47-31-36-52-53-37-35-50(41-60(53)65-59(52)40-47)64(48-25-15-8-16-26-48)49-33-29-43(30-34-49)42-19-9-5-10-20-42/h3-41H,1-2H2. The van der Waals surface area contributed by atoms with Gasteiger partial charge in [0.15, 0.2) is 0 Å². The number of fused-ring (bicyclic) bond motifs is 8. The lowest BCUT2D eigenvalue weighted by Crippen LogP contribution is -2.34. The van der Waals surface area contributed by atoms with Crippen molar-refractivity contribution >= 4 is 50.5 Å². The first-order chi connectivity index (χ1) is 32.6. The Morgan fingerprint density at radius 3 is 1.45 bits per heavy atom. The van der Waals surface area contributed by atoms with Crippen LogP contribution < -0.4 is 4.90 Å². The molecule has 0 saturated heterocycles. The maximum Gasteiger partial charge on any atom is 0.139 e. The number of furan rings is 1. The van der Waals surface area contributed by atoms with Crippen LogP contribution >= 0.6 is 0 Å². The second kappa shape index (κ2) is 15.8. The molecule has 2 heterocycles. The third-order valence-corrected chi connectivity index (χ3v) is 13.3. The Kier molecular flexibility index (Phi) is 9.36. The normalized spacial score (nSPS) is 13.7. The highest BCUT2D eigenvalue weighted by atomic mass is 16.5. The predicted octanol–water partition coefficient (Wildman–Crippen LogP) is 16.9. The van der Waals surface area contributed by atoms with Crippen LogP contribution in [0.3, 0.4) is 0 Å². The van der Waals surface area contributed by atoms with E-state index in [2.05, 4.69) is 230 Å². The molecular weight excluding hydrogens is 803 g/mol. The molecule has 0 bridgehead atoms. The molecular formula is C63H43NO2. The van der Waals surface area contributed by atoms with Gasteiger partial charge >= 0.3 is 0 Å². The molecule has 3 heteroatoms. The van der Waals surface area contributed by atoms with E-state index in [1.54, 1.807) is 0 Å². The average molecular weight is 846 g/mol. The molecule has 3 nitrogen and oxygen atoms in total. The number of anilines is 3. The van der Waals surface area contributed by atoms with E-state index in [9.17, 15) is 0 Å². The van der Waals surface area contributed by atoms with E-state index in [0.717, 1.165) is 95.0 Å². The number of hydrogen-bond donors (Lipinski definition) is 0. The van der Waals surface area contributed by atoms with Gasteiger partial charge in [0.25, 0.3) is 0 Å². The second-order valence-corrected chi connectivity index (χ2v) is 16.9. The van der Waals surface area contributed by atoms with Gasteiger partial charge < -0.3 is 14.1 Å². The van der Waals surface area contributed by atoms with Gasteiger partial charge in [-0.2, -0.15) is 0 Å². The summed E-state index contributed by atoms with van der Waals surface area (Å²) in [5.41, 5.74) is 17.3. The van der Waals surface area contributed by atoms with Crippen LogP contribution in [0.4, 0.5) is 17.1 Å². The van der Waals surface area contributed by atoms with E-state index >= 15 is 0 Å². The molecule has 1 aliphatic heterocycles. The summed E-state index contributed by atoms with van der Waals surface area (Å²) in [5, 5.41) is 2.16. The molecule has 0 N–H and O–H groups in total. The molecule has 0 saturated carbocycles. The highest BCUT2D eigenvalue weighted by Crippen LogP contribution is 2.62. The highest BCUT2D eigenvalue weighted by molar-refractivity contribution is 6.07. The van der Waals surface area contributed by atoms with E-state index in [1.165, 1.54) is 22.3 Å². The van der Waals surface area contributed by atoms with Crippen LogP contribution in [-0.4, -0.2) is 0 Å². The van der Waals surface area contributed by atoms with E-state index in [1.807, 2.05) is 24.3 Å². The Morgan fingerprint density at radius 1 is 0.364 bits per heavy atom. The van der Waals surface area contributed by atoms with Gasteiger partial charge in [-0.15, -0.1) is 0 Å². The van der Waals surface area contributed by atoms with Crippen molar-refractivity contribution in [1.29, 1.82) is 0 Å². The van der Waals surface area contributed by atoms with Crippen molar-refractivity contribution in [2.45, 2.75) is 5.41 Å². The fraction of sp³-hybridized carbons (Fsp3) is 0.0159. The first-order valence-corrected chi connectivity index (χ1v) is 22.4. The Labute approximate surface area is 384 Å². The predicted molar refractivity (Wildman–Crippen MR) is 274 cm³/mol. The second-order valence-electron chi connectivity index (χ2n) is 16.9. The maximum absolute atomic E-state index is 7.03. The molecule has 12 rings (SSSR count). The highest BCUT2D eigenvalue weighted by Gasteiger charge is 2.52. The number of allylic oxidation sites excluding steroid dienone is 4. The van der Waals surface area contributed by atoms with Gasteiger partial charge in [-0.25, -0.2) is 0 Å². The molecule has 1 aliphatic carbocycles. The van der Waals surface area contributed by atoms with Gasteiger partial charge in [-0.05, 0) is 99.1 Å². The van der Waals surface area contributed by atoms with Crippen molar-refractivity contribution in [2.75, 3.05) is 4.90 Å². The zero-order valence-electron chi connectivity index (χ0n) is 36.2. The Bertz CT molecular complexity index is 3500. The summed E-state index contributed by atoms with van der Waals surface area (Å²) < 4.78 is 13.8. The zero-order chi connectivity index (χ0) is 44.2. The molecule has 1 aromatic heterocycles. The van der Waals surface area contributed by atoms with Gasteiger partial charge in [-0.3, -0.25) is 0 Å². The van der Waals surface area contributed by atoms with Crippen LogP contribution in [0.2, 0.25) is 0 Å². The Balaban J connectivity index is 0.976. The molecule has 312 valence electrons. The fourth-order valence-corrected chi connectivity index (χ4v) is 10.4. The monoisotopic (exact) mass is 845 g/mol. The van der Waals surface area contributed by atoms with E-state index < -0.39 is 5.41 Å². The zero-order valence-corrected chi connectivity index (χ0v) is 36.2. The summed E-state index contributed by atoms with van der Waals surface area (Å²) in [6.07, 6.45) is 3.96. The smallest absolute Gasteiger partial charge is 0.139 e. The van der Waals surface area contributed by atoms with Crippen LogP contribution in [0.15, 0.2) is 265 Å². The van der Waals surface area contributed by atoms with Crippen LogP contribution in [0, 0.1) is 0 Å². The summed E-state index contributed by atoms with van der Waals surface area (Å²) in [6, 6.07) is 79.3. The molecule has 9 aromatic carbocycles. The molecule has 66 heavy (non-hydrogen) atoms. The molecule has 0 atom stereocenters. The summed E-state index contributed by atoms with van der Waals surface area (Å²) in [7, 11) is 0. The quantitative estimate of drug-likeness (QED) is 0.145. The number of para-hydroxylation sites is 1. The van der Waals surface area contributed by atoms with Crippen molar-refractivity contribution in [2.24, 2.45) is 0 Å². The summed E-state index contributed by atoms with van der Waals surface area (Å²) in [5.74, 6) is 1.57. The van der Waals surface area contributed by atoms with Crippen molar-refractivity contribution < 1.29 is 9.15 Å². The molecule has 1 spiro atoms. The average Bonchev–Trinajstić information content (AvgIpc) is 3.90. The first-order valence-electron chi connectivity index (χ1n) is 22.4. The molecule has 0 unspecified atom stereocenters. The maximum atomic E-state index is 7.03. The summed E-state index contributed by atoms with van der Waals surface area (Å²) in [4.78, 5) is 2.28. The molecule has 10 aromatic rings. The van der Waals surface area contributed by atoms with E-state index in [-0.39, 0.29) is 0 Å². The number of benzene rings is 9. The lowest BCUT2D eigenvalue weighted by molar-refractivity contribution is 0.438. The summed E-state index contributed by atoms with van der Waals surface area (Å²) >= 11 is 0. The molecule has 0 fully saturated rings. The SMILES string of the molecule is C=CC1=C(c2ccccc2)OC(c2ccccc2)=C(C=C)C12c1ccccc1-c1cc(-c3ccc4c(c3)oc3cc(N(c5ccccc5)c5ccc(-c6ccccc6)cc5)ccc34)ccc12. The number of rotatable bonds is 9. The van der Waals surface area contributed by atoms with Crippen LogP contribution in [-0.2, 0) is 10.2 Å². The molecule has 2 aliphatic rings. The van der Waals surface area contributed by atoms with Crippen LogP contribution in [0.25, 0.3) is 66.8 Å². The van der Waals surface area contributed by atoms with Crippen molar-refractivity contribution in [3.63, 3.8) is 0 Å². The lowest BCUT2D eigenvalue weighted by atomic mass is 9.64. The molecule has 0 radical (unpaired) electrons. The number of hydrogen-bond acceptors (Lipinski definition) is 3. The van der Waals surface area contributed by atoms with Gasteiger partial charge in [0, 0.05) is 56.2 Å². The number of ether oxygens (including phenoxy) is 1. The van der Waals surface area contributed by atoms with Crippen LogP contribution in [0.5, 0.6) is 0 Å². The lowest BCUT2D eigenvalue weighted by Gasteiger charge is -2.41. The van der Waals surface area contributed by atoms with Gasteiger partial charge in [-0.1, -0.05) is 189 Å². The Hall–Kier alpha value is -8.66. The van der Waals surface area contributed by atoms with E-state index in [4.69, 9.17) is 9.15 Å². The first kappa shape index (κ1) is 39.0.